The van der Waals surface area contributed by atoms with Gasteiger partial charge < -0.3 is 82.2 Å². The maximum absolute atomic E-state index is 15.2. The van der Waals surface area contributed by atoms with Crippen molar-refractivity contribution in [1.29, 1.82) is 0 Å². The number of aryl methyl sites for hydroxylation is 2. The molecule has 2 fully saturated rings. The third kappa shape index (κ3) is 16.9. The van der Waals surface area contributed by atoms with E-state index in [4.69, 9.17) is 56.8 Å². The quantitative estimate of drug-likeness (QED) is 0.0371. The average Bonchev–Trinajstić information content (AvgIpc) is 1.65. The van der Waals surface area contributed by atoms with E-state index in [0.717, 1.165) is 133 Å². The van der Waals surface area contributed by atoms with Gasteiger partial charge in [-0.15, -0.1) is 15.3 Å². The summed E-state index contributed by atoms with van der Waals surface area (Å²) in [7, 11) is 0. The number of anilines is 2. The molecule has 36 heteroatoms. The highest BCUT2D eigenvalue weighted by molar-refractivity contribution is 6.03. The Balaban J connectivity index is 0.645. The molecule has 604 valence electrons. The Morgan fingerprint density at radius 1 is 0.504 bits per heavy atom. The number of carbonyl (C=O) groups excluding carboxylic acids is 9. The number of ether oxygens (including phenoxy) is 12. The zero-order valence-electron chi connectivity index (χ0n) is 64.5. The zero-order valence-corrected chi connectivity index (χ0v) is 64.5. The Kier molecular flexibility index (Phi) is 24.1. The van der Waals surface area contributed by atoms with Crippen molar-refractivity contribution >= 4 is 64.9 Å². The number of benzene rings is 3. The van der Waals surface area contributed by atoms with E-state index in [1.165, 1.54) is 83.1 Å². The summed E-state index contributed by atoms with van der Waals surface area (Å²) in [6.45, 7) is 14.8. The van der Waals surface area contributed by atoms with Crippen LogP contribution in [0.4, 0.5) is 11.4 Å². The first-order valence-corrected chi connectivity index (χ1v) is 38.5. The van der Waals surface area contributed by atoms with Crippen molar-refractivity contribution in [1.82, 2.24) is 65.4 Å². The Morgan fingerprint density at radius 2 is 0.929 bits per heavy atom. The normalized spacial score (nSPS) is 22.9. The highest BCUT2D eigenvalue weighted by Gasteiger charge is 2.59. The summed E-state index contributed by atoms with van der Waals surface area (Å²) in [6.07, 6.45) is 2.08. The van der Waals surface area contributed by atoms with Gasteiger partial charge in [0.15, 0.2) is 36.9 Å². The number of rotatable bonds is 30. The van der Waals surface area contributed by atoms with Crippen LogP contribution in [0, 0.1) is 0 Å². The molecule has 113 heavy (non-hydrogen) atoms. The topological polar surface area (TPSA) is 394 Å². The van der Waals surface area contributed by atoms with Crippen molar-refractivity contribution in [2.75, 3.05) is 95.4 Å². The summed E-state index contributed by atoms with van der Waals surface area (Å²) in [4.78, 5) is 125. The first-order chi connectivity index (χ1) is 54.5. The first-order valence-electron chi connectivity index (χ1n) is 38.5. The Bertz CT molecular complexity index is 4360. The largest absolute Gasteiger partial charge is 0.463 e. The maximum atomic E-state index is 15.2. The van der Waals surface area contributed by atoms with Crippen LogP contribution < -0.4 is 25.2 Å². The summed E-state index contributed by atoms with van der Waals surface area (Å²) in [5.41, 5.74) is 11.7. The fourth-order valence-corrected chi connectivity index (χ4v) is 17.3. The van der Waals surface area contributed by atoms with Gasteiger partial charge in [0.25, 0.3) is 5.91 Å². The standard InChI is InChI=1S/C77H95N15O21/c1-43(93)78-64-72(109-49(7)99)70(107-47(5)97)62(41-105-45(3)95)111-75(64)91-39-54(81-84-91)36-86(37-55-40-92(85-82-55)76-65(79-44(2)94)73(110-50(8)100)71(108-48(6)98)63(112-76)42-106-46(4)96)35-53-38-89(83-80-53)25-27-102-29-31-104-32-30-103-28-26-90-74(101)56-17-9-10-20-59(56)77(90)60-33-51-15-11-21-87-23-13-18-57(66(51)87)68(60)113-69-58-19-14-24-88-22-12-16-52(67(58)88)34-61(69)77/h9-10,17,20,33-34,38-40,62-65,70-73,75-76H,11-16,18-19,21-32,35-37,41-42H2,1-8H3,(H,78,93)(H,79,94)/t62?,63?,64?,65?,70-,71+,72-,73+,75-,76-/m0/s1. The lowest BCUT2D eigenvalue weighted by molar-refractivity contribution is -0.239. The van der Waals surface area contributed by atoms with Crippen LogP contribution in [0.2, 0.25) is 0 Å². The van der Waals surface area contributed by atoms with Crippen molar-refractivity contribution in [2.24, 2.45) is 0 Å². The van der Waals surface area contributed by atoms with Crippen LogP contribution in [0.25, 0.3) is 0 Å². The molecular formula is C77H95N15O21. The Labute approximate surface area is 650 Å². The second-order valence-corrected chi connectivity index (χ2v) is 29.5. The summed E-state index contributed by atoms with van der Waals surface area (Å²) in [6, 6.07) is 10.4. The van der Waals surface area contributed by atoms with Crippen LogP contribution in [-0.4, -0.2) is 243 Å². The van der Waals surface area contributed by atoms with Gasteiger partial charge in [-0.05, 0) is 86.3 Å². The Morgan fingerprint density at radius 3 is 1.39 bits per heavy atom. The summed E-state index contributed by atoms with van der Waals surface area (Å²) in [5.74, 6) is -3.87. The third-order valence-electron chi connectivity index (χ3n) is 21.4. The highest BCUT2D eigenvalue weighted by Crippen LogP contribution is 2.63. The van der Waals surface area contributed by atoms with Gasteiger partial charge >= 0.3 is 35.8 Å². The second kappa shape index (κ2) is 34.4. The van der Waals surface area contributed by atoms with Crippen LogP contribution >= 0.6 is 0 Å². The lowest BCUT2D eigenvalue weighted by atomic mass is 9.70. The molecule has 1 spiro atoms. The van der Waals surface area contributed by atoms with Gasteiger partial charge in [-0.25, -0.2) is 14.0 Å². The SMILES string of the molecule is CC(=O)NC1[C@@H](OC(C)=O)[C@H](OC(C)=O)C(COC(C)=O)O[C@@H]1n1cc(CN(Cc2cn(CCOCCOCCOCCN3C(=O)c4ccccc4C34c3cc5c6c(c3Oc3c4cc4c7c3CCCN7CCC4)CCCN6CCC5)nn2)Cc2cn([C@H]3OC(COC(C)=O)[C@H](OC(C)=O)[C@@H](OC(C)=O)C3NC(C)=O)nn2)nn1. The molecule has 14 rings (SSSR count). The number of hydrogen-bond acceptors (Lipinski definition) is 30. The highest BCUT2D eigenvalue weighted by atomic mass is 16.6. The molecule has 0 saturated carbocycles. The molecule has 3 aromatic carbocycles. The number of aromatic nitrogens is 9. The molecule has 0 bridgehead atoms. The molecular weight excluding hydrogens is 1470 g/mol. The maximum Gasteiger partial charge on any atom is 0.303 e. The van der Waals surface area contributed by atoms with Crippen molar-refractivity contribution in [2.45, 2.75) is 200 Å². The molecule has 0 aliphatic carbocycles. The van der Waals surface area contributed by atoms with E-state index in [2.05, 4.69) is 80.5 Å². The predicted molar refractivity (Wildman–Crippen MR) is 392 cm³/mol. The van der Waals surface area contributed by atoms with E-state index >= 15 is 4.79 Å². The van der Waals surface area contributed by atoms with Crippen molar-refractivity contribution in [3.63, 3.8) is 0 Å². The van der Waals surface area contributed by atoms with Gasteiger partial charge in [0.1, 0.15) is 54.5 Å². The van der Waals surface area contributed by atoms with Crippen LogP contribution in [0.1, 0.15) is 160 Å². The van der Waals surface area contributed by atoms with E-state index in [-0.39, 0.29) is 65.2 Å². The van der Waals surface area contributed by atoms with E-state index in [9.17, 15) is 38.4 Å². The number of fused-ring (bicyclic) bond motifs is 8. The van der Waals surface area contributed by atoms with Gasteiger partial charge in [-0.1, -0.05) is 33.8 Å². The van der Waals surface area contributed by atoms with Gasteiger partial charge in [0, 0.05) is 153 Å². The third-order valence-corrected chi connectivity index (χ3v) is 21.4. The first kappa shape index (κ1) is 79.1. The van der Waals surface area contributed by atoms with Crippen LogP contribution in [0.3, 0.4) is 0 Å². The summed E-state index contributed by atoms with van der Waals surface area (Å²) < 4.78 is 76.1. The number of nitrogens with zero attached hydrogens (tertiary/aromatic N) is 13. The lowest BCUT2D eigenvalue weighted by Crippen LogP contribution is -2.64. The van der Waals surface area contributed by atoms with Gasteiger partial charge in [-0.3, -0.25) is 48.1 Å². The Hall–Kier alpha value is -10.5. The van der Waals surface area contributed by atoms with Gasteiger partial charge in [-0.2, -0.15) is 0 Å². The molecule has 36 nitrogen and oxygen atoms in total. The average molecular weight is 1570 g/mol. The van der Waals surface area contributed by atoms with Crippen molar-refractivity contribution in [3.8, 4) is 11.5 Å². The molecule has 3 aromatic heterocycles. The molecule has 11 heterocycles. The molecule has 4 unspecified atom stereocenters. The van der Waals surface area contributed by atoms with Crippen LogP contribution in [0.15, 0.2) is 55.0 Å². The van der Waals surface area contributed by atoms with E-state index in [1.54, 1.807) is 10.9 Å². The fourth-order valence-electron chi connectivity index (χ4n) is 17.3. The van der Waals surface area contributed by atoms with Crippen LogP contribution in [-0.2, 0) is 148 Å². The van der Waals surface area contributed by atoms with Gasteiger partial charge in [0.2, 0.25) is 11.8 Å². The molecule has 3 amide bonds. The van der Waals surface area contributed by atoms with E-state index < -0.39 is 128 Å². The minimum absolute atomic E-state index is 0.0149. The molecule has 2 saturated heterocycles. The van der Waals surface area contributed by atoms with Crippen LogP contribution in [0.5, 0.6) is 11.5 Å². The summed E-state index contributed by atoms with van der Waals surface area (Å²) >= 11 is 0. The zero-order chi connectivity index (χ0) is 79.4. The lowest BCUT2D eigenvalue weighted by Gasteiger charge is -2.49. The minimum atomic E-state index is -1.39. The molecule has 6 aromatic rings. The monoisotopic (exact) mass is 1570 g/mol. The summed E-state index contributed by atoms with van der Waals surface area (Å²) in [5, 5.41) is 32.1. The molecule has 8 aliphatic heterocycles. The second-order valence-electron chi connectivity index (χ2n) is 29.5. The molecule has 8 aliphatic rings. The molecule has 10 atom stereocenters. The van der Waals surface area contributed by atoms with Gasteiger partial charge in [0.05, 0.1) is 75.7 Å². The van der Waals surface area contributed by atoms with E-state index in [0.29, 0.717) is 35.7 Å². The number of carbonyl (C=O) groups is 9. The fraction of sp³-hybridized carbons (Fsp3) is 0.571. The number of esters is 6. The smallest absolute Gasteiger partial charge is 0.303 e. The van der Waals surface area contributed by atoms with E-state index in [1.807, 2.05) is 17.0 Å². The minimum Gasteiger partial charge on any atom is -0.463 e. The number of nitrogens with one attached hydrogen (secondary N) is 2. The predicted octanol–water partition coefficient (Wildman–Crippen LogP) is 3.32. The molecule has 2 N–H and O–H groups in total. The van der Waals surface area contributed by atoms with Crippen molar-refractivity contribution < 1.29 is 100.0 Å². The van der Waals surface area contributed by atoms with Crippen molar-refractivity contribution in [3.05, 3.63) is 117 Å². The molecule has 0 radical (unpaired) electrons. The number of hydrogen-bond donors (Lipinski definition) is 2. The number of amides is 3.